The first-order valence-electron chi connectivity index (χ1n) is 10.7. The average Bonchev–Trinajstić information content (AvgIpc) is 2.68. The molecule has 1 rings (SSSR count). The third-order valence-electron chi connectivity index (χ3n) is 5.02. The Bertz CT molecular complexity index is 659. The summed E-state index contributed by atoms with van der Waals surface area (Å²) in [6, 6.07) is 0. The monoisotopic (exact) mass is 474 g/mol. The van der Waals surface area contributed by atoms with Crippen molar-refractivity contribution < 1.29 is 39.3 Å². The lowest BCUT2D eigenvalue weighted by Gasteiger charge is -2.32. The lowest BCUT2D eigenvalue weighted by atomic mass is 10.3. The Morgan fingerprint density at radius 3 is 1.15 bits per heavy atom. The van der Waals surface area contributed by atoms with E-state index in [1.54, 1.807) is 19.6 Å². The Morgan fingerprint density at radius 1 is 0.576 bits per heavy atom. The van der Waals surface area contributed by atoms with E-state index in [0.717, 1.165) is 0 Å². The number of carbonyl (C=O) groups excluding carboxylic acids is 2. The summed E-state index contributed by atoms with van der Waals surface area (Å²) in [6.07, 6.45) is 0.0113. The van der Waals surface area contributed by atoms with Crippen LogP contribution < -0.4 is 11.1 Å². The van der Waals surface area contributed by atoms with Crippen molar-refractivity contribution in [2.75, 3.05) is 85.1 Å². The molecular formula is C19H34N6O8. The summed E-state index contributed by atoms with van der Waals surface area (Å²) in [7, 11) is 0. The molecule has 1 aliphatic heterocycles. The van der Waals surface area contributed by atoms with Gasteiger partial charge in [-0.25, -0.2) is 0 Å². The molecule has 14 nitrogen and oxygen atoms in total. The van der Waals surface area contributed by atoms with Crippen LogP contribution in [0.15, 0.2) is 0 Å². The third kappa shape index (κ3) is 13.5. The number of nitrogens with one attached hydrogen (secondary N) is 1. The predicted octanol–water partition coefficient (Wildman–Crippen LogP) is -3.55. The van der Waals surface area contributed by atoms with Crippen LogP contribution in [0.25, 0.3) is 0 Å². The van der Waals surface area contributed by atoms with Crippen molar-refractivity contribution in [2.24, 2.45) is 5.73 Å². The summed E-state index contributed by atoms with van der Waals surface area (Å²) >= 11 is 0. The van der Waals surface area contributed by atoms with Crippen molar-refractivity contribution in [3.63, 3.8) is 0 Å². The van der Waals surface area contributed by atoms with Crippen molar-refractivity contribution in [1.29, 1.82) is 0 Å². The Hall–Kier alpha value is -2.65. The summed E-state index contributed by atoms with van der Waals surface area (Å²) in [6.45, 7) is 1.56. The maximum atomic E-state index is 12.2. The fourth-order valence-corrected chi connectivity index (χ4v) is 3.38. The molecule has 0 bridgehead atoms. The first-order chi connectivity index (χ1) is 15.6. The normalized spacial score (nSPS) is 18.1. The molecule has 2 amide bonds. The second-order valence-electron chi connectivity index (χ2n) is 7.80. The Balaban J connectivity index is 2.93. The minimum atomic E-state index is -1.03. The van der Waals surface area contributed by atoms with Crippen LogP contribution in [0.5, 0.6) is 0 Å². The van der Waals surface area contributed by atoms with Crippen molar-refractivity contribution in [3.8, 4) is 0 Å². The second kappa shape index (κ2) is 15.2. The van der Waals surface area contributed by atoms with Crippen molar-refractivity contribution in [1.82, 2.24) is 24.9 Å². The van der Waals surface area contributed by atoms with E-state index in [9.17, 15) is 34.2 Å². The molecule has 0 spiro atoms. The maximum Gasteiger partial charge on any atom is 0.317 e. The lowest BCUT2D eigenvalue weighted by Crippen LogP contribution is -2.50. The van der Waals surface area contributed by atoms with Crippen molar-refractivity contribution >= 4 is 29.7 Å². The number of rotatable bonds is 10. The molecule has 0 aromatic carbocycles. The molecule has 0 aromatic rings. The van der Waals surface area contributed by atoms with E-state index in [1.807, 2.05) is 0 Å². The smallest absolute Gasteiger partial charge is 0.317 e. The van der Waals surface area contributed by atoms with Gasteiger partial charge in [0, 0.05) is 65.3 Å². The molecule has 1 heterocycles. The third-order valence-corrected chi connectivity index (χ3v) is 5.02. The number of imide groups is 1. The van der Waals surface area contributed by atoms with Crippen LogP contribution in [-0.4, -0.2) is 150 Å². The molecule has 188 valence electrons. The first kappa shape index (κ1) is 28.4. The molecule has 0 aliphatic carbocycles. The van der Waals surface area contributed by atoms with Crippen molar-refractivity contribution in [2.45, 2.75) is 6.42 Å². The fraction of sp³-hybridized carbons (Fsp3) is 0.737. The molecule has 1 saturated heterocycles. The van der Waals surface area contributed by atoms with Gasteiger partial charge in [-0.3, -0.25) is 48.9 Å². The Labute approximate surface area is 191 Å². The summed E-state index contributed by atoms with van der Waals surface area (Å²) in [5.74, 6) is -4.11. The summed E-state index contributed by atoms with van der Waals surface area (Å²) in [5.41, 5.74) is 5.31. The maximum absolute atomic E-state index is 12.2. The van der Waals surface area contributed by atoms with Gasteiger partial charge in [0.25, 0.3) is 0 Å². The van der Waals surface area contributed by atoms with Gasteiger partial charge < -0.3 is 21.1 Å². The molecule has 6 N–H and O–H groups in total. The first-order valence-corrected chi connectivity index (χ1v) is 10.7. The largest absolute Gasteiger partial charge is 0.480 e. The molecule has 0 atom stereocenters. The average molecular weight is 475 g/mol. The van der Waals surface area contributed by atoms with Gasteiger partial charge in [0.15, 0.2) is 0 Å². The van der Waals surface area contributed by atoms with Crippen LogP contribution in [-0.2, 0) is 24.0 Å². The van der Waals surface area contributed by atoms with Crippen LogP contribution in [0.2, 0.25) is 0 Å². The van der Waals surface area contributed by atoms with Gasteiger partial charge in [-0.15, -0.1) is 0 Å². The minimum absolute atomic E-state index is 0.0113. The molecule has 0 saturated carbocycles. The summed E-state index contributed by atoms with van der Waals surface area (Å²) < 4.78 is 0. The van der Waals surface area contributed by atoms with Gasteiger partial charge in [-0.2, -0.15) is 0 Å². The van der Waals surface area contributed by atoms with Gasteiger partial charge in [0.05, 0.1) is 26.2 Å². The van der Waals surface area contributed by atoms with E-state index in [-0.39, 0.29) is 78.4 Å². The standard InChI is InChI=1S/C19H34N6O8/c20-2-1-15(26)21-16(27)11-22-3-5-23(12-17(28)29)7-9-25(14-19(32)33)10-8-24(6-4-22)13-18(30)31/h1-14,20H2,(H,28,29)(H,30,31)(H,32,33)(H,21,26,27). The number of aliphatic carboxylic acids is 3. The molecule has 14 heteroatoms. The highest BCUT2D eigenvalue weighted by Crippen LogP contribution is 2.01. The van der Waals surface area contributed by atoms with E-state index in [0.29, 0.717) is 13.1 Å². The van der Waals surface area contributed by atoms with E-state index >= 15 is 0 Å². The zero-order valence-corrected chi connectivity index (χ0v) is 18.6. The Morgan fingerprint density at radius 2 is 0.879 bits per heavy atom. The predicted molar refractivity (Wildman–Crippen MR) is 115 cm³/mol. The molecule has 1 aliphatic rings. The Kier molecular flexibility index (Phi) is 13.1. The SMILES string of the molecule is NCCC(=O)NC(=O)CN1CCN(CC(=O)O)CCN(CC(=O)O)CCN(CC(=O)O)CC1. The summed E-state index contributed by atoms with van der Waals surface area (Å²) in [4.78, 5) is 64.2. The molecule has 0 radical (unpaired) electrons. The topological polar surface area (TPSA) is 197 Å². The number of carboxylic acid groups (broad SMARTS) is 3. The van der Waals surface area contributed by atoms with Crippen LogP contribution >= 0.6 is 0 Å². The van der Waals surface area contributed by atoms with Crippen molar-refractivity contribution in [3.05, 3.63) is 0 Å². The molecular weight excluding hydrogens is 440 g/mol. The molecule has 0 unspecified atom stereocenters. The zero-order valence-electron chi connectivity index (χ0n) is 18.6. The minimum Gasteiger partial charge on any atom is -0.480 e. The number of carbonyl (C=O) groups is 5. The molecule has 1 fully saturated rings. The van der Waals surface area contributed by atoms with E-state index < -0.39 is 29.7 Å². The van der Waals surface area contributed by atoms with Crippen LogP contribution in [0, 0.1) is 0 Å². The number of amides is 2. The number of carboxylic acids is 3. The van der Waals surface area contributed by atoms with E-state index in [1.165, 1.54) is 0 Å². The molecule has 33 heavy (non-hydrogen) atoms. The number of nitrogens with two attached hydrogens (primary N) is 1. The number of hydrogen-bond acceptors (Lipinski definition) is 10. The fourth-order valence-electron chi connectivity index (χ4n) is 3.38. The highest BCUT2D eigenvalue weighted by atomic mass is 16.4. The number of hydrogen-bond donors (Lipinski definition) is 5. The number of nitrogens with zero attached hydrogens (tertiary/aromatic N) is 4. The van der Waals surface area contributed by atoms with Gasteiger partial charge in [-0.05, 0) is 0 Å². The van der Waals surface area contributed by atoms with Gasteiger partial charge in [0.1, 0.15) is 0 Å². The molecule has 0 aromatic heterocycles. The lowest BCUT2D eigenvalue weighted by molar-refractivity contribution is -0.140. The van der Waals surface area contributed by atoms with Gasteiger partial charge in [-0.1, -0.05) is 0 Å². The quantitative estimate of drug-likeness (QED) is 0.209. The van der Waals surface area contributed by atoms with Gasteiger partial charge in [0.2, 0.25) is 11.8 Å². The van der Waals surface area contributed by atoms with Gasteiger partial charge >= 0.3 is 17.9 Å². The van der Waals surface area contributed by atoms with Crippen LogP contribution in [0.3, 0.4) is 0 Å². The van der Waals surface area contributed by atoms with E-state index in [2.05, 4.69) is 5.32 Å². The zero-order chi connectivity index (χ0) is 24.8. The van der Waals surface area contributed by atoms with Crippen LogP contribution in [0.4, 0.5) is 0 Å². The highest BCUT2D eigenvalue weighted by Gasteiger charge is 2.21. The van der Waals surface area contributed by atoms with Crippen LogP contribution in [0.1, 0.15) is 6.42 Å². The van der Waals surface area contributed by atoms with E-state index in [4.69, 9.17) is 10.8 Å². The highest BCUT2D eigenvalue weighted by molar-refractivity contribution is 5.96. The summed E-state index contributed by atoms with van der Waals surface area (Å²) in [5, 5.41) is 29.8. The second-order valence-corrected chi connectivity index (χ2v) is 7.80.